The van der Waals surface area contributed by atoms with E-state index in [2.05, 4.69) is 5.32 Å². The van der Waals surface area contributed by atoms with Gasteiger partial charge in [0, 0.05) is 29.8 Å². The molecule has 4 aromatic rings. The van der Waals surface area contributed by atoms with E-state index in [0.29, 0.717) is 17.7 Å². The lowest BCUT2D eigenvalue weighted by Crippen LogP contribution is -2.46. The predicted molar refractivity (Wildman–Crippen MR) is 167 cm³/mol. The first-order valence-corrected chi connectivity index (χ1v) is 15.3. The summed E-state index contributed by atoms with van der Waals surface area (Å²) in [6.45, 7) is 4.12. The SMILES string of the molecule is CC1C(CN(C)C(C)C(O)c2ccccc2)OC(c2cccc(NC(=O)c3c(F)c(F)c(F)c(F)c3F)c2)OC1c1ccc(CO)cc1. The van der Waals surface area contributed by atoms with Crippen LogP contribution >= 0.6 is 0 Å². The van der Waals surface area contributed by atoms with Gasteiger partial charge in [0.05, 0.1) is 24.9 Å². The van der Waals surface area contributed by atoms with Gasteiger partial charge in [0.25, 0.3) is 5.91 Å². The summed E-state index contributed by atoms with van der Waals surface area (Å²) in [5.74, 6) is -13.1. The zero-order valence-electron chi connectivity index (χ0n) is 26.3. The molecular formula is C36H35F5N2O5. The minimum absolute atomic E-state index is 0.00983. The first kappa shape index (κ1) is 35.1. The van der Waals surface area contributed by atoms with Crippen molar-refractivity contribution in [2.45, 2.75) is 51.1 Å². The molecule has 48 heavy (non-hydrogen) atoms. The molecule has 0 spiro atoms. The fourth-order valence-corrected chi connectivity index (χ4v) is 5.71. The molecule has 1 heterocycles. The lowest BCUT2D eigenvalue weighted by Gasteiger charge is -2.43. The molecule has 0 bridgehead atoms. The van der Waals surface area contributed by atoms with E-state index in [4.69, 9.17) is 9.47 Å². The number of amides is 1. The minimum Gasteiger partial charge on any atom is -0.392 e. The second-order valence-corrected chi connectivity index (χ2v) is 11.9. The van der Waals surface area contributed by atoms with Crippen LogP contribution in [0.5, 0.6) is 0 Å². The van der Waals surface area contributed by atoms with Crippen LogP contribution in [0.3, 0.4) is 0 Å². The maximum absolute atomic E-state index is 14.3. The maximum Gasteiger partial charge on any atom is 0.261 e. The van der Waals surface area contributed by atoms with Crippen molar-refractivity contribution in [1.29, 1.82) is 0 Å². The maximum atomic E-state index is 14.3. The number of rotatable bonds is 10. The average molecular weight is 671 g/mol. The monoisotopic (exact) mass is 670 g/mol. The van der Waals surface area contributed by atoms with Crippen molar-refractivity contribution < 1.29 is 46.4 Å². The average Bonchev–Trinajstić information content (AvgIpc) is 3.10. The van der Waals surface area contributed by atoms with Gasteiger partial charge in [0.2, 0.25) is 5.82 Å². The fraction of sp³-hybridized carbons (Fsp3) is 0.306. The van der Waals surface area contributed by atoms with Gasteiger partial charge in [-0.25, -0.2) is 22.0 Å². The largest absolute Gasteiger partial charge is 0.392 e. The summed E-state index contributed by atoms with van der Waals surface area (Å²) in [6, 6.07) is 22.2. The van der Waals surface area contributed by atoms with Crippen LogP contribution in [0, 0.1) is 35.0 Å². The highest BCUT2D eigenvalue weighted by molar-refractivity contribution is 6.04. The highest BCUT2D eigenvalue weighted by Crippen LogP contribution is 2.42. The van der Waals surface area contributed by atoms with Crippen LogP contribution in [0.1, 0.15) is 65.0 Å². The Labute approximate surface area is 274 Å². The molecule has 1 aliphatic rings. The van der Waals surface area contributed by atoms with E-state index in [1.165, 1.54) is 18.2 Å². The standard InChI is InChI=1S/C36H35F5N2O5/c1-19-26(17-43(3)20(2)33(45)22-8-5-4-6-9-22)47-36(48-34(19)23-14-12-21(18-44)13-15-23)24-10-7-11-25(16-24)42-35(46)27-28(37)30(39)32(41)31(40)29(27)38/h4-16,19-20,26,33-34,36,44-45H,17-18H2,1-3H3,(H,42,46). The van der Waals surface area contributed by atoms with Crippen LogP contribution in [0.2, 0.25) is 0 Å². The molecule has 254 valence electrons. The van der Waals surface area contributed by atoms with Crippen molar-refractivity contribution in [3.05, 3.63) is 136 Å². The Hall–Kier alpha value is -4.20. The quantitative estimate of drug-likeness (QED) is 0.0960. The van der Waals surface area contributed by atoms with Crippen molar-refractivity contribution in [1.82, 2.24) is 4.90 Å². The summed E-state index contributed by atoms with van der Waals surface area (Å²) in [5.41, 5.74) is 1.07. The Balaban J connectivity index is 1.41. The van der Waals surface area contributed by atoms with Crippen LogP contribution in [0.4, 0.5) is 27.6 Å². The molecule has 1 aliphatic heterocycles. The van der Waals surface area contributed by atoms with Gasteiger partial charge in [-0.15, -0.1) is 0 Å². The molecule has 0 saturated carbocycles. The first-order valence-electron chi connectivity index (χ1n) is 15.3. The molecule has 0 radical (unpaired) electrons. The summed E-state index contributed by atoms with van der Waals surface area (Å²) >= 11 is 0. The molecule has 1 saturated heterocycles. The van der Waals surface area contributed by atoms with Crippen molar-refractivity contribution in [2.24, 2.45) is 5.92 Å². The smallest absolute Gasteiger partial charge is 0.261 e. The topological polar surface area (TPSA) is 91.3 Å². The molecule has 0 aliphatic carbocycles. The molecule has 3 N–H and O–H groups in total. The second kappa shape index (κ2) is 14.9. The number of nitrogens with one attached hydrogen (secondary N) is 1. The van der Waals surface area contributed by atoms with Crippen molar-refractivity contribution in [3.63, 3.8) is 0 Å². The molecule has 6 atom stereocenters. The van der Waals surface area contributed by atoms with Crippen molar-refractivity contribution in [3.8, 4) is 0 Å². The molecule has 1 amide bonds. The molecule has 6 unspecified atom stereocenters. The number of likely N-dealkylation sites (N-methyl/N-ethyl adjacent to an activating group) is 1. The molecule has 5 rings (SSSR count). The summed E-state index contributed by atoms with van der Waals surface area (Å²) in [5, 5.41) is 22.8. The predicted octanol–water partition coefficient (Wildman–Crippen LogP) is 6.97. The van der Waals surface area contributed by atoms with Gasteiger partial charge in [0.15, 0.2) is 29.6 Å². The number of carbonyl (C=O) groups excluding carboxylic acids is 1. The number of benzene rings is 4. The van der Waals surface area contributed by atoms with Gasteiger partial charge < -0.3 is 25.0 Å². The van der Waals surface area contributed by atoms with E-state index in [9.17, 15) is 37.0 Å². The van der Waals surface area contributed by atoms with Crippen LogP contribution in [0.15, 0.2) is 78.9 Å². The van der Waals surface area contributed by atoms with E-state index in [-0.39, 0.29) is 24.3 Å². The zero-order chi connectivity index (χ0) is 34.7. The molecule has 4 aromatic carbocycles. The number of halogens is 5. The first-order chi connectivity index (χ1) is 22.9. The summed E-state index contributed by atoms with van der Waals surface area (Å²) in [6.07, 6.45) is -2.74. The van der Waals surface area contributed by atoms with E-state index in [1.54, 1.807) is 18.2 Å². The van der Waals surface area contributed by atoms with E-state index < -0.39 is 65.2 Å². The van der Waals surface area contributed by atoms with Crippen LogP contribution in [0.25, 0.3) is 0 Å². The second-order valence-electron chi connectivity index (χ2n) is 11.9. The fourth-order valence-electron chi connectivity index (χ4n) is 5.71. The van der Waals surface area contributed by atoms with E-state index in [1.807, 2.05) is 68.3 Å². The van der Waals surface area contributed by atoms with Crippen molar-refractivity contribution >= 4 is 11.6 Å². The number of hydrogen-bond acceptors (Lipinski definition) is 6. The summed E-state index contributed by atoms with van der Waals surface area (Å²) < 4.78 is 82.6. The molecular weight excluding hydrogens is 635 g/mol. The van der Waals surface area contributed by atoms with Gasteiger partial charge in [-0.05, 0) is 42.8 Å². The van der Waals surface area contributed by atoms with Gasteiger partial charge >= 0.3 is 0 Å². The van der Waals surface area contributed by atoms with Crippen LogP contribution in [-0.4, -0.2) is 46.8 Å². The zero-order valence-corrected chi connectivity index (χ0v) is 26.3. The van der Waals surface area contributed by atoms with Crippen LogP contribution < -0.4 is 5.32 Å². The van der Waals surface area contributed by atoms with Gasteiger partial charge in [-0.3, -0.25) is 9.69 Å². The van der Waals surface area contributed by atoms with Gasteiger partial charge in [0.1, 0.15) is 5.56 Å². The number of ether oxygens (including phenoxy) is 2. The number of aliphatic hydroxyl groups is 2. The van der Waals surface area contributed by atoms with Crippen molar-refractivity contribution in [2.75, 3.05) is 18.9 Å². The van der Waals surface area contributed by atoms with Gasteiger partial charge in [-0.2, -0.15) is 0 Å². The number of hydrogen-bond donors (Lipinski definition) is 3. The summed E-state index contributed by atoms with van der Waals surface area (Å²) in [4.78, 5) is 14.7. The lowest BCUT2D eigenvalue weighted by molar-refractivity contribution is -0.276. The molecule has 0 aromatic heterocycles. The number of aliphatic hydroxyl groups excluding tert-OH is 2. The highest BCUT2D eigenvalue weighted by atomic mass is 19.2. The third-order valence-electron chi connectivity index (χ3n) is 8.74. The third kappa shape index (κ3) is 7.27. The molecule has 7 nitrogen and oxygen atoms in total. The van der Waals surface area contributed by atoms with E-state index >= 15 is 0 Å². The highest BCUT2D eigenvalue weighted by Gasteiger charge is 2.40. The number of nitrogens with zero attached hydrogens (tertiary/aromatic N) is 1. The Bertz CT molecular complexity index is 1710. The Morgan fingerprint density at radius 3 is 2.10 bits per heavy atom. The summed E-state index contributed by atoms with van der Waals surface area (Å²) in [7, 11) is 1.87. The van der Waals surface area contributed by atoms with E-state index in [0.717, 1.165) is 11.1 Å². The third-order valence-corrected chi connectivity index (χ3v) is 8.74. The lowest BCUT2D eigenvalue weighted by atomic mass is 9.89. The number of anilines is 1. The van der Waals surface area contributed by atoms with Gasteiger partial charge in [-0.1, -0.05) is 73.7 Å². The normalized spacial score (nSPS) is 20.8. The molecule has 1 fully saturated rings. The Morgan fingerprint density at radius 1 is 0.854 bits per heavy atom. The Kier molecular flexibility index (Phi) is 10.9. The number of carbonyl (C=O) groups is 1. The molecule has 12 heteroatoms. The minimum atomic E-state index is -2.37. The van der Waals surface area contributed by atoms with Crippen LogP contribution in [-0.2, 0) is 16.1 Å². The Morgan fingerprint density at radius 2 is 1.48 bits per heavy atom.